The third-order valence-electron chi connectivity index (χ3n) is 4.80. The molecule has 1 fully saturated rings. The van der Waals surface area contributed by atoms with Gasteiger partial charge in [-0.05, 0) is 38.8 Å². The van der Waals surface area contributed by atoms with Crippen molar-refractivity contribution in [3.05, 3.63) is 30.1 Å². The Kier molecular flexibility index (Phi) is 8.45. The number of amides is 4. The summed E-state index contributed by atoms with van der Waals surface area (Å²) in [5, 5.41) is 9.98. The second kappa shape index (κ2) is 11.0. The largest absolute Gasteiger partial charge is 0.347 e. The molecule has 0 aromatic carbocycles. The average Bonchev–Trinajstić information content (AvgIpc) is 3.25. The van der Waals surface area contributed by atoms with Gasteiger partial charge in [0.2, 0.25) is 17.6 Å². The van der Waals surface area contributed by atoms with Crippen LogP contribution in [0.4, 0.5) is 0 Å². The molecule has 1 unspecified atom stereocenters. The molecule has 0 saturated heterocycles. The van der Waals surface area contributed by atoms with Crippen molar-refractivity contribution < 1.29 is 24.0 Å². The molecule has 1 aliphatic carbocycles. The van der Waals surface area contributed by atoms with Gasteiger partial charge in [-0.3, -0.25) is 29.0 Å². The Bertz CT molecular complexity index is 792. The summed E-state index contributed by atoms with van der Waals surface area (Å²) in [7, 11) is 0. The number of Topliss-reactive ketones (excluding diaryl/α,β-unsaturated/α-hetero) is 1. The van der Waals surface area contributed by atoms with Gasteiger partial charge in [-0.2, -0.15) is 0 Å². The summed E-state index contributed by atoms with van der Waals surface area (Å²) < 4.78 is 0. The van der Waals surface area contributed by atoms with Crippen LogP contribution >= 0.6 is 0 Å². The lowest BCUT2D eigenvalue weighted by molar-refractivity contribution is -0.138. The fourth-order valence-electron chi connectivity index (χ4n) is 2.99. The van der Waals surface area contributed by atoms with Gasteiger partial charge in [0.25, 0.3) is 11.8 Å². The second-order valence-corrected chi connectivity index (χ2v) is 7.26. The Balaban J connectivity index is 1.73. The van der Waals surface area contributed by atoms with E-state index in [1.165, 1.54) is 38.4 Å². The first kappa shape index (κ1) is 23.0. The van der Waals surface area contributed by atoms with Crippen LogP contribution in [0.25, 0.3) is 0 Å². The molecule has 2 rings (SSSR count). The van der Waals surface area contributed by atoms with Crippen molar-refractivity contribution in [2.75, 3.05) is 6.54 Å². The highest BCUT2D eigenvalue weighted by molar-refractivity contribution is 6.37. The number of aromatic nitrogens is 1. The van der Waals surface area contributed by atoms with E-state index >= 15 is 0 Å². The minimum atomic E-state index is -0.955. The molecule has 1 saturated carbocycles. The lowest BCUT2D eigenvalue weighted by Crippen LogP contribution is -2.52. The van der Waals surface area contributed by atoms with E-state index in [4.69, 9.17) is 0 Å². The van der Waals surface area contributed by atoms with Gasteiger partial charge in [0.05, 0.1) is 6.54 Å². The first-order chi connectivity index (χ1) is 14.3. The van der Waals surface area contributed by atoms with E-state index in [1.807, 2.05) is 0 Å². The zero-order valence-electron chi connectivity index (χ0n) is 17.1. The standard InChI is InChI=1S/C20H27N5O5/c1-12(17(27)22-11-16(26)20(30)25-15-5-3-4-6-15)23-18(28)13(2)24-19(29)14-7-9-21-10-8-14/h7-10,12-13,15H,3-6,11H2,1-2H3,(H,22,27)(H,23,28)(H,24,29)(H,25,30)/t12-,13?/m0/s1. The maximum Gasteiger partial charge on any atom is 0.289 e. The number of carbonyl (C=O) groups excluding carboxylic acids is 5. The van der Waals surface area contributed by atoms with Gasteiger partial charge >= 0.3 is 0 Å². The third kappa shape index (κ3) is 6.94. The maximum atomic E-state index is 12.2. The molecule has 10 heteroatoms. The molecular formula is C20H27N5O5. The number of nitrogens with one attached hydrogen (secondary N) is 4. The van der Waals surface area contributed by atoms with E-state index in [2.05, 4.69) is 26.3 Å². The second-order valence-electron chi connectivity index (χ2n) is 7.26. The van der Waals surface area contributed by atoms with E-state index in [0.717, 1.165) is 25.7 Å². The summed E-state index contributed by atoms with van der Waals surface area (Å²) in [6, 6.07) is 1.19. The highest BCUT2D eigenvalue weighted by Crippen LogP contribution is 2.17. The quantitative estimate of drug-likeness (QED) is 0.397. The highest BCUT2D eigenvalue weighted by atomic mass is 16.2. The number of ketones is 1. The van der Waals surface area contributed by atoms with Crippen LogP contribution in [0.3, 0.4) is 0 Å². The molecule has 30 heavy (non-hydrogen) atoms. The molecule has 0 radical (unpaired) electrons. The molecule has 2 atom stereocenters. The molecule has 0 aliphatic heterocycles. The van der Waals surface area contributed by atoms with Gasteiger partial charge in [-0.15, -0.1) is 0 Å². The van der Waals surface area contributed by atoms with Crippen LogP contribution in [0.5, 0.6) is 0 Å². The predicted octanol–water partition coefficient (Wildman–Crippen LogP) is -0.551. The lowest BCUT2D eigenvalue weighted by Gasteiger charge is -2.18. The van der Waals surface area contributed by atoms with Crippen LogP contribution in [0, 0.1) is 0 Å². The van der Waals surface area contributed by atoms with E-state index in [0.29, 0.717) is 5.56 Å². The van der Waals surface area contributed by atoms with Crippen LogP contribution in [-0.2, 0) is 19.2 Å². The van der Waals surface area contributed by atoms with Gasteiger partial charge in [0, 0.05) is 24.0 Å². The molecule has 1 aromatic heterocycles. The zero-order valence-corrected chi connectivity index (χ0v) is 17.1. The Morgan fingerprint density at radius 3 is 2.20 bits per heavy atom. The normalized spacial score (nSPS) is 15.5. The van der Waals surface area contributed by atoms with Crippen LogP contribution in [0.2, 0.25) is 0 Å². The van der Waals surface area contributed by atoms with Crippen molar-refractivity contribution in [2.24, 2.45) is 0 Å². The van der Waals surface area contributed by atoms with Crippen LogP contribution in [0.15, 0.2) is 24.5 Å². The molecule has 4 amide bonds. The number of nitrogens with zero attached hydrogens (tertiary/aromatic N) is 1. The molecule has 10 nitrogen and oxygen atoms in total. The molecule has 1 aromatic rings. The highest BCUT2D eigenvalue weighted by Gasteiger charge is 2.24. The predicted molar refractivity (Wildman–Crippen MR) is 107 cm³/mol. The van der Waals surface area contributed by atoms with E-state index in [-0.39, 0.29) is 6.04 Å². The Morgan fingerprint density at radius 1 is 0.967 bits per heavy atom. The Hall–Kier alpha value is -3.30. The molecule has 0 spiro atoms. The van der Waals surface area contributed by atoms with Crippen molar-refractivity contribution in [2.45, 2.75) is 57.7 Å². The molecule has 1 aliphatic rings. The van der Waals surface area contributed by atoms with Gasteiger partial charge < -0.3 is 21.3 Å². The summed E-state index contributed by atoms with van der Waals surface area (Å²) in [6.07, 6.45) is 6.67. The average molecular weight is 417 g/mol. The van der Waals surface area contributed by atoms with E-state index < -0.39 is 48.0 Å². The van der Waals surface area contributed by atoms with Gasteiger partial charge in [-0.1, -0.05) is 12.8 Å². The number of rotatable bonds is 9. The Labute approximate surface area is 174 Å². The van der Waals surface area contributed by atoms with Crippen LogP contribution in [-0.4, -0.2) is 59.1 Å². The van der Waals surface area contributed by atoms with Crippen LogP contribution < -0.4 is 21.3 Å². The fraction of sp³-hybridized carbons (Fsp3) is 0.500. The number of hydrogen-bond donors (Lipinski definition) is 4. The summed E-state index contributed by atoms with van der Waals surface area (Å²) in [5.74, 6) is -3.09. The third-order valence-corrected chi connectivity index (χ3v) is 4.80. The number of carbonyl (C=O) groups is 5. The van der Waals surface area contributed by atoms with Crippen molar-refractivity contribution in [1.82, 2.24) is 26.3 Å². The molecule has 162 valence electrons. The zero-order chi connectivity index (χ0) is 22.1. The SMILES string of the molecule is CC(NC(=O)c1ccncc1)C(=O)N[C@@H](C)C(=O)NCC(=O)C(=O)NC1CCCC1. The topological polar surface area (TPSA) is 146 Å². The fourth-order valence-corrected chi connectivity index (χ4v) is 2.99. The minimum absolute atomic E-state index is 0.0132. The van der Waals surface area contributed by atoms with Gasteiger partial charge in [0.1, 0.15) is 12.1 Å². The number of hydrogen-bond acceptors (Lipinski definition) is 6. The van der Waals surface area contributed by atoms with Crippen molar-refractivity contribution in [3.8, 4) is 0 Å². The van der Waals surface area contributed by atoms with Crippen molar-refractivity contribution in [1.29, 1.82) is 0 Å². The number of pyridine rings is 1. The lowest BCUT2D eigenvalue weighted by atomic mass is 10.2. The summed E-state index contributed by atoms with van der Waals surface area (Å²) in [6.45, 7) is 2.47. The smallest absolute Gasteiger partial charge is 0.289 e. The van der Waals surface area contributed by atoms with Crippen molar-refractivity contribution in [3.63, 3.8) is 0 Å². The molecule has 4 N–H and O–H groups in total. The molecule has 1 heterocycles. The van der Waals surface area contributed by atoms with Crippen molar-refractivity contribution >= 4 is 29.4 Å². The monoisotopic (exact) mass is 417 g/mol. The molecule has 0 bridgehead atoms. The van der Waals surface area contributed by atoms with Crippen LogP contribution in [0.1, 0.15) is 49.9 Å². The summed E-state index contributed by atoms with van der Waals surface area (Å²) in [5.41, 5.74) is 0.352. The van der Waals surface area contributed by atoms with E-state index in [1.54, 1.807) is 0 Å². The van der Waals surface area contributed by atoms with Gasteiger partial charge in [0.15, 0.2) is 0 Å². The first-order valence-electron chi connectivity index (χ1n) is 9.90. The summed E-state index contributed by atoms with van der Waals surface area (Å²) in [4.78, 5) is 63.9. The van der Waals surface area contributed by atoms with Gasteiger partial charge in [-0.25, -0.2) is 0 Å². The maximum absolute atomic E-state index is 12.2. The summed E-state index contributed by atoms with van der Waals surface area (Å²) >= 11 is 0. The first-order valence-corrected chi connectivity index (χ1v) is 9.90. The minimum Gasteiger partial charge on any atom is -0.347 e. The van der Waals surface area contributed by atoms with E-state index in [9.17, 15) is 24.0 Å². The molecular weight excluding hydrogens is 390 g/mol. The Morgan fingerprint density at radius 2 is 1.57 bits per heavy atom.